The molecular weight excluding hydrogens is 338 g/mol. The third kappa shape index (κ3) is 3.91. The van der Waals surface area contributed by atoms with Crippen LogP contribution in [-0.4, -0.2) is 32.0 Å². The molecule has 1 aromatic carbocycles. The van der Waals surface area contributed by atoms with Crippen LogP contribution in [-0.2, 0) is 6.54 Å². The molecule has 0 atom stereocenters. The van der Waals surface area contributed by atoms with Gasteiger partial charge in [0, 0.05) is 19.3 Å². The van der Waals surface area contributed by atoms with Gasteiger partial charge in [-0.3, -0.25) is 9.48 Å². The highest BCUT2D eigenvalue weighted by Crippen LogP contribution is 2.17. The van der Waals surface area contributed by atoms with Gasteiger partial charge in [-0.25, -0.2) is 4.68 Å². The molecule has 7 heteroatoms. The van der Waals surface area contributed by atoms with Crippen LogP contribution in [0.1, 0.15) is 28.2 Å². The number of nitrogens with one attached hydrogen (secondary N) is 1. The van der Waals surface area contributed by atoms with Gasteiger partial charge in [0.25, 0.3) is 5.91 Å². The van der Waals surface area contributed by atoms with E-state index in [9.17, 15) is 4.79 Å². The number of nitrogens with zero attached hydrogens (tertiary/aromatic N) is 4. The van der Waals surface area contributed by atoms with Gasteiger partial charge in [0.2, 0.25) is 0 Å². The molecule has 0 saturated carbocycles. The van der Waals surface area contributed by atoms with Gasteiger partial charge in [-0.2, -0.15) is 10.2 Å². The third-order valence-corrected chi connectivity index (χ3v) is 4.17. The first-order chi connectivity index (χ1) is 12.1. The summed E-state index contributed by atoms with van der Waals surface area (Å²) in [5.74, 6) is -0.101. The maximum Gasteiger partial charge on any atom is 0.255 e. The SMILES string of the molecule is Cc1nn(-c2ccccc2)c(C)c1C(=O)NCCCn1cc(Cl)cn1. The summed E-state index contributed by atoms with van der Waals surface area (Å²) in [5.41, 5.74) is 3.13. The van der Waals surface area contributed by atoms with E-state index < -0.39 is 0 Å². The first kappa shape index (κ1) is 17.2. The highest BCUT2D eigenvalue weighted by Gasteiger charge is 2.18. The van der Waals surface area contributed by atoms with E-state index in [1.165, 1.54) is 0 Å². The Balaban J connectivity index is 1.63. The number of rotatable bonds is 6. The fourth-order valence-corrected chi connectivity index (χ4v) is 2.94. The predicted octanol–water partition coefficient (Wildman–Crippen LogP) is 3.16. The monoisotopic (exact) mass is 357 g/mol. The maximum atomic E-state index is 12.5. The Morgan fingerprint density at radius 3 is 2.68 bits per heavy atom. The van der Waals surface area contributed by atoms with Crippen molar-refractivity contribution in [3.8, 4) is 5.69 Å². The summed E-state index contributed by atoms with van der Waals surface area (Å²) in [4.78, 5) is 12.5. The standard InChI is InChI=1S/C18H20ClN5O/c1-13-17(14(2)24(22-13)16-7-4-3-5-8-16)18(25)20-9-6-10-23-12-15(19)11-21-23/h3-5,7-8,11-12H,6,9-10H2,1-2H3,(H,20,25). The van der Waals surface area contributed by atoms with Crippen LogP contribution in [0, 0.1) is 13.8 Å². The number of carbonyl (C=O) groups is 1. The number of halogens is 1. The molecule has 0 saturated heterocycles. The summed E-state index contributed by atoms with van der Waals surface area (Å²) in [7, 11) is 0. The summed E-state index contributed by atoms with van der Waals surface area (Å²) in [6, 6.07) is 9.79. The van der Waals surface area contributed by atoms with Crippen LogP contribution in [0.4, 0.5) is 0 Å². The number of para-hydroxylation sites is 1. The molecule has 2 aromatic heterocycles. The number of amides is 1. The Kier molecular flexibility index (Phi) is 5.19. The van der Waals surface area contributed by atoms with E-state index >= 15 is 0 Å². The van der Waals surface area contributed by atoms with Crippen molar-refractivity contribution in [2.75, 3.05) is 6.54 Å². The number of carbonyl (C=O) groups excluding carboxylic acids is 1. The highest BCUT2D eigenvalue weighted by atomic mass is 35.5. The molecule has 3 aromatic rings. The molecule has 6 nitrogen and oxygen atoms in total. The number of benzene rings is 1. The fourth-order valence-electron chi connectivity index (χ4n) is 2.78. The molecule has 0 spiro atoms. The van der Waals surface area contributed by atoms with Crippen LogP contribution in [0.15, 0.2) is 42.7 Å². The molecule has 0 aliphatic rings. The number of hydrogen-bond acceptors (Lipinski definition) is 3. The molecule has 2 heterocycles. The highest BCUT2D eigenvalue weighted by molar-refractivity contribution is 6.30. The van der Waals surface area contributed by atoms with E-state index in [0.717, 1.165) is 23.5 Å². The van der Waals surface area contributed by atoms with Crippen molar-refractivity contribution in [2.24, 2.45) is 0 Å². The average Bonchev–Trinajstić information content (AvgIpc) is 3.15. The topological polar surface area (TPSA) is 64.7 Å². The molecule has 0 bridgehead atoms. The fraction of sp³-hybridized carbons (Fsp3) is 0.278. The molecular formula is C18H20ClN5O. The Hall–Kier alpha value is -2.60. The molecule has 0 fully saturated rings. The Morgan fingerprint density at radius 1 is 1.24 bits per heavy atom. The van der Waals surface area contributed by atoms with Crippen molar-refractivity contribution < 1.29 is 4.79 Å². The molecule has 0 aliphatic heterocycles. The smallest absolute Gasteiger partial charge is 0.255 e. The van der Waals surface area contributed by atoms with Crippen molar-refractivity contribution in [3.63, 3.8) is 0 Å². The lowest BCUT2D eigenvalue weighted by Crippen LogP contribution is -2.26. The normalized spacial score (nSPS) is 10.8. The van der Waals surface area contributed by atoms with Crippen LogP contribution in [0.3, 0.4) is 0 Å². The molecule has 130 valence electrons. The van der Waals surface area contributed by atoms with E-state index in [-0.39, 0.29) is 5.91 Å². The second-order valence-electron chi connectivity index (χ2n) is 5.82. The summed E-state index contributed by atoms with van der Waals surface area (Å²) < 4.78 is 3.56. The number of hydrogen-bond donors (Lipinski definition) is 1. The predicted molar refractivity (Wildman–Crippen MR) is 97.2 cm³/mol. The third-order valence-electron chi connectivity index (χ3n) is 3.97. The van der Waals surface area contributed by atoms with Gasteiger partial charge in [0.1, 0.15) is 0 Å². The van der Waals surface area contributed by atoms with Crippen LogP contribution < -0.4 is 5.32 Å². The van der Waals surface area contributed by atoms with Gasteiger partial charge < -0.3 is 5.32 Å². The zero-order chi connectivity index (χ0) is 17.8. The summed E-state index contributed by atoms with van der Waals surface area (Å²) in [6.07, 6.45) is 4.14. The van der Waals surface area contributed by atoms with Crippen molar-refractivity contribution in [1.29, 1.82) is 0 Å². The number of aromatic nitrogens is 4. The Morgan fingerprint density at radius 2 is 2.00 bits per heavy atom. The van der Waals surface area contributed by atoms with Crippen molar-refractivity contribution >= 4 is 17.5 Å². The minimum Gasteiger partial charge on any atom is -0.352 e. The first-order valence-electron chi connectivity index (χ1n) is 8.14. The van der Waals surface area contributed by atoms with Gasteiger partial charge in [-0.05, 0) is 32.4 Å². The summed E-state index contributed by atoms with van der Waals surface area (Å²) in [6.45, 7) is 5.03. The Labute approximate surface area is 151 Å². The van der Waals surface area contributed by atoms with Gasteiger partial charge in [-0.1, -0.05) is 29.8 Å². The zero-order valence-corrected chi connectivity index (χ0v) is 15.0. The lowest BCUT2D eigenvalue weighted by atomic mass is 10.2. The van der Waals surface area contributed by atoms with E-state index in [4.69, 9.17) is 11.6 Å². The largest absolute Gasteiger partial charge is 0.352 e. The number of aryl methyl sites for hydroxylation is 2. The minimum absolute atomic E-state index is 0.101. The van der Waals surface area contributed by atoms with Gasteiger partial charge >= 0.3 is 0 Å². The quantitative estimate of drug-likeness (QED) is 0.689. The lowest BCUT2D eigenvalue weighted by Gasteiger charge is -2.07. The van der Waals surface area contributed by atoms with Crippen LogP contribution in [0.25, 0.3) is 5.69 Å². The molecule has 3 rings (SSSR count). The minimum atomic E-state index is -0.101. The average molecular weight is 358 g/mol. The molecule has 25 heavy (non-hydrogen) atoms. The van der Waals surface area contributed by atoms with E-state index in [2.05, 4.69) is 15.5 Å². The molecule has 1 N–H and O–H groups in total. The van der Waals surface area contributed by atoms with Gasteiger partial charge in [0.15, 0.2) is 0 Å². The van der Waals surface area contributed by atoms with Crippen LogP contribution in [0.2, 0.25) is 5.02 Å². The Bertz CT molecular complexity index is 869. The van der Waals surface area contributed by atoms with E-state index in [1.807, 2.05) is 44.2 Å². The lowest BCUT2D eigenvalue weighted by molar-refractivity contribution is 0.0951. The van der Waals surface area contributed by atoms with Crippen LogP contribution >= 0.6 is 11.6 Å². The molecule has 1 amide bonds. The molecule has 0 radical (unpaired) electrons. The van der Waals surface area contributed by atoms with E-state index in [0.29, 0.717) is 23.7 Å². The van der Waals surface area contributed by atoms with Gasteiger partial charge in [-0.15, -0.1) is 0 Å². The maximum absolute atomic E-state index is 12.5. The van der Waals surface area contributed by atoms with Crippen LogP contribution in [0.5, 0.6) is 0 Å². The zero-order valence-electron chi connectivity index (χ0n) is 14.2. The van der Waals surface area contributed by atoms with Crippen molar-refractivity contribution in [3.05, 3.63) is 64.7 Å². The molecule has 0 unspecified atom stereocenters. The van der Waals surface area contributed by atoms with Crippen molar-refractivity contribution in [1.82, 2.24) is 24.9 Å². The van der Waals surface area contributed by atoms with E-state index in [1.54, 1.807) is 21.8 Å². The summed E-state index contributed by atoms with van der Waals surface area (Å²) in [5, 5.41) is 12.2. The second kappa shape index (κ2) is 7.53. The van der Waals surface area contributed by atoms with Gasteiger partial charge in [0.05, 0.1) is 33.9 Å². The molecule has 0 aliphatic carbocycles. The summed E-state index contributed by atoms with van der Waals surface area (Å²) >= 11 is 5.83. The van der Waals surface area contributed by atoms with Crippen molar-refractivity contribution in [2.45, 2.75) is 26.8 Å². The first-order valence-corrected chi connectivity index (χ1v) is 8.52. The second-order valence-corrected chi connectivity index (χ2v) is 6.26.